The highest BCUT2D eigenvalue weighted by molar-refractivity contribution is 4.98. The number of hydrogen-bond acceptors (Lipinski definition) is 1. The fourth-order valence-corrected chi connectivity index (χ4v) is 3.18. The van der Waals surface area contributed by atoms with Crippen LogP contribution >= 0.6 is 0 Å². The zero-order chi connectivity index (χ0) is 12.6. The highest BCUT2D eigenvalue weighted by Crippen LogP contribution is 2.56. The molecule has 0 aliphatic heterocycles. The van der Waals surface area contributed by atoms with Crippen LogP contribution in [-0.2, 0) is 0 Å². The van der Waals surface area contributed by atoms with E-state index >= 15 is 0 Å². The van der Waals surface area contributed by atoms with Crippen LogP contribution in [0.5, 0.6) is 0 Å². The van der Waals surface area contributed by atoms with E-state index in [-0.39, 0.29) is 5.54 Å². The van der Waals surface area contributed by atoms with Crippen molar-refractivity contribution in [2.24, 2.45) is 23.2 Å². The molecular weight excluding hydrogens is 194 g/mol. The minimum atomic E-state index is 0.271. The van der Waals surface area contributed by atoms with Crippen molar-refractivity contribution in [2.45, 2.75) is 66.3 Å². The first-order valence-electron chi connectivity index (χ1n) is 6.96. The molecule has 16 heavy (non-hydrogen) atoms. The molecular formula is C15H31N. The summed E-state index contributed by atoms with van der Waals surface area (Å²) in [4.78, 5) is 0. The Morgan fingerprint density at radius 1 is 1.44 bits per heavy atom. The van der Waals surface area contributed by atoms with Crippen molar-refractivity contribution >= 4 is 0 Å². The second kappa shape index (κ2) is 4.68. The van der Waals surface area contributed by atoms with Gasteiger partial charge in [-0.15, -0.1) is 0 Å². The number of hydrogen-bond donors (Lipinski definition) is 1. The molecule has 96 valence electrons. The third kappa shape index (κ3) is 2.30. The third-order valence-corrected chi connectivity index (χ3v) is 5.97. The van der Waals surface area contributed by atoms with Gasteiger partial charge in [0.2, 0.25) is 0 Å². The van der Waals surface area contributed by atoms with E-state index in [4.69, 9.17) is 0 Å². The molecule has 0 aromatic heterocycles. The largest absolute Gasteiger partial charge is 0.315 e. The fraction of sp³-hybridized carbons (Fsp3) is 1.00. The van der Waals surface area contributed by atoms with Crippen LogP contribution in [0.4, 0.5) is 0 Å². The normalized spacial score (nSPS) is 36.9. The summed E-state index contributed by atoms with van der Waals surface area (Å²) in [5, 5.41) is 3.45. The van der Waals surface area contributed by atoms with E-state index < -0.39 is 0 Å². The van der Waals surface area contributed by atoms with Crippen molar-refractivity contribution in [3.05, 3.63) is 0 Å². The molecule has 0 bridgehead atoms. The Labute approximate surface area is 102 Å². The molecule has 0 heterocycles. The highest BCUT2D eigenvalue weighted by Gasteiger charge is 2.48. The highest BCUT2D eigenvalue weighted by atomic mass is 14.9. The van der Waals surface area contributed by atoms with Gasteiger partial charge in [0.05, 0.1) is 0 Å². The zero-order valence-corrected chi connectivity index (χ0v) is 12.4. The summed E-state index contributed by atoms with van der Waals surface area (Å²) >= 11 is 0. The van der Waals surface area contributed by atoms with E-state index in [1.54, 1.807) is 0 Å². The predicted molar refractivity (Wildman–Crippen MR) is 72.6 cm³/mol. The summed E-state index contributed by atoms with van der Waals surface area (Å²) in [6, 6.07) is 0. The van der Waals surface area contributed by atoms with Crippen molar-refractivity contribution < 1.29 is 0 Å². The fourth-order valence-electron chi connectivity index (χ4n) is 3.18. The lowest BCUT2D eigenvalue weighted by molar-refractivity contribution is -0.0479. The Morgan fingerprint density at radius 3 is 2.38 bits per heavy atom. The van der Waals surface area contributed by atoms with Crippen LogP contribution in [-0.4, -0.2) is 12.6 Å². The Balaban J connectivity index is 2.57. The van der Waals surface area contributed by atoms with E-state index in [0.717, 1.165) is 17.8 Å². The smallest absolute Gasteiger partial charge is 0.0147 e. The summed E-state index contributed by atoms with van der Waals surface area (Å²) < 4.78 is 0. The van der Waals surface area contributed by atoms with E-state index in [2.05, 4.69) is 53.9 Å². The van der Waals surface area contributed by atoms with Crippen LogP contribution in [0, 0.1) is 23.2 Å². The van der Waals surface area contributed by atoms with Gasteiger partial charge in [0.1, 0.15) is 0 Å². The molecule has 1 saturated carbocycles. The van der Waals surface area contributed by atoms with Gasteiger partial charge >= 0.3 is 0 Å². The second-order valence-corrected chi connectivity index (χ2v) is 6.80. The van der Waals surface area contributed by atoms with Gasteiger partial charge < -0.3 is 5.32 Å². The molecule has 1 fully saturated rings. The molecule has 0 saturated heterocycles. The summed E-state index contributed by atoms with van der Waals surface area (Å²) in [5.41, 5.74) is 0.881. The van der Waals surface area contributed by atoms with E-state index in [1.807, 2.05) is 0 Å². The van der Waals surface area contributed by atoms with E-state index in [1.165, 1.54) is 19.3 Å². The molecule has 1 rings (SSSR count). The van der Waals surface area contributed by atoms with Gasteiger partial charge in [0.15, 0.2) is 0 Å². The first kappa shape index (κ1) is 14.0. The number of nitrogens with one attached hydrogen (secondary N) is 1. The molecule has 1 heteroatoms. The molecule has 4 atom stereocenters. The van der Waals surface area contributed by atoms with Gasteiger partial charge in [-0.2, -0.15) is 0 Å². The molecule has 1 N–H and O–H groups in total. The van der Waals surface area contributed by atoms with E-state index in [9.17, 15) is 0 Å². The SMILES string of the molecule is CCC1(C)C(C)CC1CC(C)C(C)(C)NC. The zero-order valence-electron chi connectivity index (χ0n) is 12.4. The first-order valence-corrected chi connectivity index (χ1v) is 6.96. The average Bonchev–Trinajstić information content (AvgIpc) is 2.27. The summed E-state index contributed by atoms with van der Waals surface area (Å²) in [6.07, 6.45) is 4.16. The predicted octanol–water partition coefficient (Wildman–Crippen LogP) is 4.08. The lowest BCUT2D eigenvalue weighted by atomic mass is 9.51. The average molecular weight is 225 g/mol. The summed E-state index contributed by atoms with van der Waals surface area (Å²) in [7, 11) is 2.08. The van der Waals surface area contributed by atoms with Crippen LogP contribution in [0.3, 0.4) is 0 Å². The quantitative estimate of drug-likeness (QED) is 0.743. The van der Waals surface area contributed by atoms with Crippen molar-refractivity contribution in [1.29, 1.82) is 0 Å². The maximum absolute atomic E-state index is 3.45. The van der Waals surface area contributed by atoms with Crippen molar-refractivity contribution in [1.82, 2.24) is 5.32 Å². The van der Waals surface area contributed by atoms with Gasteiger partial charge in [-0.3, -0.25) is 0 Å². The molecule has 0 spiro atoms. The summed E-state index contributed by atoms with van der Waals surface area (Å²) in [6.45, 7) is 14.3. The van der Waals surface area contributed by atoms with Gasteiger partial charge in [0.25, 0.3) is 0 Å². The van der Waals surface area contributed by atoms with Crippen molar-refractivity contribution in [3.8, 4) is 0 Å². The van der Waals surface area contributed by atoms with Crippen LogP contribution < -0.4 is 5.32 Å². The van der Waals surface area contributed by atoms with Gasteiger partial charge in [-0.05, 0) is 56.9 Å². The molecule has 0 amide bonds. The first-order chi connectivity index (χ1) is 7.28. The molecule has 1 aliphatic carbocycles. The minimum Gasteiger partial charge on any atom is -0.315 e. The monoisotopic (exact) mass is 225 g/mol. The Morgan fingerprint density at radius 2 is 2.00 bits per heavy atom. The molecule has 0 radical (unpaired) electrons. The Kier molecular flexibility index (Phi) is 4.10. The molecule has 0 aromatic carbocycles. The van der Waals surface area contributed by atoms with Gasteiger partial charge in [-0.25, -0.2) is 0 Å². The number of rotatable bonds is 5. The Bertz CT molecular complexity index is 234. The topological polar surface area (TPSA) is 12.0 Å². The lowest BCUT2D eigenvalue weighted by Crippen LogP contribution is -2.49. The second-order valence-electron chi connectivity index (χ2n) is 6.80. The Hall–Kier alpha value is -0.0400. The molecule has 0 aromatic rings. The van der Waals surface area contributed by atoms with Crippen LogP contribution in [0.15, 0.2) is 0 Å². The van der Waals surface area contributed by atoms with Crippen LogP contribution in [0.2, 0.25) is 0 Å². The lowest BCUT2D eigenvalue weighted by Gasteiger charge is -2.55. The van der Waals surface area contributed by atoms with Gasteiger partial charge in [0, 0.05) is 5.54 Å². The molecule has 1 nitrogen and oxygen atoms in total. The third-order valence-electron chi connectivity index (χ3n) is 5.97. The van der Waals surface area contributed by atoms with Crippen molar-refractivity contribution in [3.63, 3.8) is 0 Å². The van der Waals surface area contributed by atoms with Crippen LogP contribution in [0.25, 0.3) is 0 Å². The maximum Gasteiger partial charge on any atom is 0.0147 e. The standard InChI is InChI=1S/C15H31N/c1-8-15(6)12(3)10-13(15)9-11(2)14(4,5)16-7/h11-13,16H,8-10H2,1-7H3. The molecule has 4 unspecified atom stereocenters. The molecule has 1 aliphatic rings. The van der Waals surface area contributed by atoms with Gasteiger partial charge in [-0.1, -0.05) is 34.1 Å². The van der Waals surface area contributed by atoms with Crippen LogP contribution in [0.1, 0.15) is 60.8 Å². The van der Waals surface area contributed by atoms with E-state index in [0.29, 0.717) is 5.41 Å². The van der Waals surface area contributed by atoms with Crippen molar-refractivity contribution in [2.75, 3.05) is 7.05 Å². The minimum absolute atomic E-state index is 0.271. The summed E-state index contributed by atoms with van der Waals surface area (Å²) in [5.74, 6) is 2.61. The maximum atomic E-state index is 3.45.